The van der Waals surface area contributed by atoms with E-state index >= 15 is 0 Å². The molecule has 1 rings (SSSR count). The van der Waals surface area contributed by atoms with Gasteiger partial charge in [0.1, 0.15) is 0 Å². The van der Waals surface area contributed by atoms with Crippen molar-refractivity contribution in [2.24, 2.45) is 5.84 Å². The average Bonchev–Trinajstić information content (AvgIpc) is 2.80. The normalized spacial score (nSPS) is 14.0. The first-order valence-electron chi connectivity index (χ1n) is 7.83. The molecule has 0 spiro atoms. The largest absolute Gasteiger partial charge is 0.309 e. The van der Waals surface area contributed by atoms with Crippen molar-refractivity contribution in [3.63, 3.8) is 0 Å². The van der Waals surface area contributed by atoms with E-state index in [-0.39, 0.29) is 11.8 Å². The molecule has 3 N–H and O–H groups in total. The predicted octanol–water partition coefficient (Wildman–Crippen LogP) is 2.40. The maximum Gasteiger partial charge on any atom is 0.251 e. The van der Waals surface area contributed by atoms with Gasteiger partial charge in [-0.2, -0.15) is 0 Å². The summed E-state index contributed by atoms with van der Waals surface area (Å²) in [7, 11) is 0. The van der Waals surface area contributed by atoms with Crippen LogP contribution in [0.5, 0.6) is 0 Å². The van der Waals surface area contributed by atoms with Crippen molar-refractivity contribution in [2.45, 2.75) is 57.8 Å². The molecule has 0 aromatic heterocycles. The minimum absolute atomic E-state index is 0.0570. The smallest absolute Gasteiger partial charge is 0.251 e. The van der Waals surface area contributed by atoms with E-state index < -0.39 is 0 Å². The number of nitrogens with two attached hydrogens (primary N) is 1. The van der Waals surface area contributed by atoms with E-state index in [1.165, 1.54) is 25.7 Å². The van der Waals surface area contributed by atoms with Gasteiger partial charge in [-0.05, 0) is 18.9 Å². The molecule has 1 aliphatic rings. The third kappa shape index (κ3) is 7.09. The number of carbonyl (C=O) groups is 2. The second-order valence-electron chi connectivity index (χ2n) is 5.46. The minimum atomic E-state index is -0.0810. The van der Waals surface area contributed by atoms with Gasteiger partial charge in [0.2, 0.25) is 5.91 Å². The highest BCUT2D eigenvalue weighted by molar-refractivity contribution is 5.92. The zero-order chi connectivity index (χ0) is 15.5. The van der Waals surface area contributed by atoms with Crippen molar-refractivity contribution in [3.8, 4) is 0 Å². The second kappa shape index (κ2) is 10.2. The van der Waals surface area contributed by atoms with Gasteiger partial charge < -0.3 is 4.90 Å². The maximum absolute atomic E-state index is 11.5. The first kappa shape index (κ1) is 17.4. The standard InChI is InChI=1S/C16H27N3O2/c1-14-11-12-16(21)19(14)13-9-7-5-3-2-4-6-8-10-15(20)18-17/h11-12H,1-10,13,17H2,(H,18,20). The summed E-state index contributed by atoms with van der Waals surface area (Å²) >= 11 is 0. The van der Waals surface area contributed by atoms with Crippen molar-refractivity contribution in [3.05, 3.63) is 24.4 Å². The van der Waals surface area contributed by atoms with Crippen molar-refractivity contribution < 1.29 is 9.59 Å². The van der Waals surface area contributed by atoms with E-state index in [4.69, 9.17) is 5.84 Å². The van der Waals surface area contributed by atoms with Crippen LogP contribution in [0.4, 0.5) is 0 Å². The van der Waals surface area contributed by atoms with Crippen LogP contribution in [0.2, 0.25) is 0 Å². The topological polar surface area (TPSA) is 75.4 Å². The van der Waals surface area contributed by atoms with Crippen molar-refractivity contribution >= 4 is 11.8 Å². The molecular weight excluding hydrogens is 266 g/mol. The highest BCUT2D eigenvalue weighted by Crippen LogP contribution is 2.15. The molecule has 5 nitrogen and oxygen atoms in total. The molecule has 0 bridgehead atoms. The Bertz CT molecular complexity index is 373. The van der Waals surface area contributed by atoms with E-state index in [0.29, 0.717) is 6.42 Å². The molecule has 0 unspecified atom stereocenters. The molecule has 5 heteroatoms. The van der Waals surface area contributed by atoms with Gasteiger partial charge in [-0.15, -0.1) is 0 Å². The Morgan fingerprint density at radius 2 is 1.62 bits per heavy atom. The third-order valence-electron chi connectivity index (χ3n) is 3.73. The van der Waals surface area contributed by atoms with Crippen molar-refractivity contribution in [1.29, 1.82) is 0 Å². The Balaban J connectivity index is 1.86. The number of hydrazine groups is 1. The number of hydrogen-bond acceptors (Lipinski definition) is 3. The lowest BCUT2D eigenvalue weighted by Crippen LogP contribution is -2.29. The average molecular weight is 293 g/mol. The zero-order valence-electron chi connectivity index (χ0n) is 12.8. The Morgan fingerprint density at radius 3 is 2.14 bits per heavy atom. The van der Waals surface area contributed by atoms with Crippen molar-refractivity contribution in [1.82, 2.24) is 10.3 Å². The lowest BCUT2D eigenvalue weighted by molar-refractivity contribution is -0.123. The van der Waals surface area contributed by atoms with Crippen LogP contribution in [-0.2, 0) is 9.59 Å². The van der Waals surface area contributed by atoms with Gasteiger partial charge in [-0.1, -0.05) is 45.1 Å². The first-order valence-corrected chi connectivity index (χ1v) is 7.83. The van der Waals surface area contributed by atoms with Crippen molar-refractivity contribution in [2.75, 3.05) is 6.54 Å². The number of carbonyl (C=O) groups excluding carboxylic acids is 2. The summed E-state index contributed by atoms with van der Waals surface area (Å²) in [6, 6.07) is 0. The van der Waals surface area contributed by atoms with E-state index in [2.05, 4.69) is 12.0 Å². The fourth-order valence-electron chi connectivity index (χ4n) is 2.43. The van der Waals surface area contributed by atoms with Gasteiger partial charge in [-0.3, -0.25) is 15.0 Å². The first-order chi connectivity index (χ1) is 10.1. The van der Waals surface area contributed by atoms with Gasteiger partial charge in [0.15, 0.2) is 0 Å². The van der Waals surface area contributed by atoms with E-state index in [1.54, 1.807) is 17.1 Å². The van der Waals surface area contributed by atoms with Crippen LogP contribution >= 0.6 is 0 Å². The molecule has 2 amide bonds. The SMILES string of the molecule is C=C1C=CC(=O)N1CCCCCCCCCCC(=O)NN. The number of unbranched alkanes of at least 4 members (excludes halogenated alkanes) is 7. The molecule has 1 heterocycles. The Morgan fingerprint density at radius 1 is 1.05 bits per heavy atom. The fraction of sp³-hybridized carbons (Fsp3) is 0.625. The monoisotopic (exact) mass is 293 g/mol. The quantitative estimate of drug-likeness (QED) is 0.266. The number of amides is 2. The van der Waals surface area contributed by atoms with Gasteiger partial charge in [0.25, 0.3) is 5.91 Å². The summed E-state index contributed by atoms with van der Waals surface area (Å²) in [6.45, 7) is 4.62. The number of allylic oxidation sites excluding steroid dienone is 1. The molecule has 1 aliphatic heterocycles. The molecule has 0 saturated carbocycles. The lowest BCUT2D eigenvalue weighted by atomic mass is 10.1. The van der Waals surface area contributed by atoms with Crippen LogP contribution in [0.1, 0.15) is 57.8 Å². The number of rotatable bonds is 11. The molecule has 0 aromatic carbocycles. The molecule has 21 heavy (non-hydrogen) atoms. The number of nitrogens with one attached hydrogen (secondary N) is 1. The summed E-state index contributed by atoms with van der Waals surface area (Å²) in [5.74, 6) is 4.99. The fourth-order valence-corrected chi connectivity index (χ4v) is 2.43. The van der Waals surface area contributed by atoms with Crippen LogP contribution in [0.15, 0.2) is 24.4 Å². The van der Waals surface area contributed by atoms with Crippen LogP contribution in [-0.4, -0.2) is 23.3 Å². The molecule has 0 aliphatic carbocycles. The second-order valence-corrected chi connectivity index (χ2v) is 5.46. The Hall–Kier alpha value is -1.62. The van der Waals surface area contributed by atoms with Crippen LogP contribution in [0, 0.1) is 0 Å². The third-order valence-corrected chi connectivity index (χ3v) is 3.73. The van der Waals surface area contributed by atoms with Crippen LogP contribution in [0.25, 0.3) is 0 Å². The van der Waals surface area contributed by atoms with Gasteiger partial charge >= 0.3 is 0 Å². The molecular formula is C16H27N3O2. The zero-order valence-corrected chi connectivity index (χ0v) is 12.8. The summed E-state index contributed by atoms with van der Waals surface area (Å²) < 4.78 is 0. The number of nitrogens with zero attached hydrogens (tertiary/aromatic N) is 1. The number of hydrogen-bond donors (Lipinski definition) is 2. The molecule has 0 atom stereocenters. The van der Waals surface area contributed by atoms with Gasteiger partial charge in [-0.25, -0.2) is 5.84 Å². The highest BCUT2D eigenvalue weighted by Gasteiger charge is 2.17. The predicted molar refractivity (Wildman–Crippen MR) is 83.9 cm³/mol. The summed E-state index contributed by atoms with van der Waals surface area (Å²) in [5.41, 5.74) is 2.95. The molecule has 0 radical (unpaired) electrons. The maximum atomic E-state index is 11.5. The van der Waals surface area contributed by atoms with E-state index in [9.17, 15) is 9.59 Å². The Labute approximate surface area is 127 Å². The van der Waals surface area contributed by atoms with Gasteiger partial charge in [0.05, 0.1) is 0 Å². The molecule has 118 valence electrons. The van der Waals surface area contributed by atoms with Gasteiger partial charge in [0, 0.05) is 24.7 Å². The van der Waals surface area contributed by atoms with E-state index in [0.717, 1.165) is 37.9 Å². The Kier molecular flexibility index (Phi) is 8.43. The van der Waals surface area contributed by atoms with E-state index in [1.807, 2.05) is 0 Å². The highest BCUT2D eigenvalue weighted by atomic mass is 16.2. The van der Waals surface area contributed by atoms with Crippen LogP contribution < -0.4 is 11.3 Å². The van der Waals surface area contributed by atoms with Crippen LogP contribution in [0.3, 0.4) is 0 Å². The molecule has 0 fully saturated rings. The summed E-state index contributed by atoms with van der Waals surface area (Å²) in [4.78, 5) is 24.1. The minimum Gasteiger partial charge on any atom is -0.309 e. The molecule has 0 saturated heterocycles. The molecule has 0 aromatic rings. The summed E-state index contributed by atoms with van der Waals surface area (Å²) in [5, 5.41) is 0. The summed E-state index contributed by atoms with van der Waals surface area (Å²) in [6.07, 6.45) is 12.8. The lowest BCUT2D eigenvalue weighted by Gasteiger charge is -2.16.